The second kappa shape index (κ2) is 8.74. The van der Waals surface area contributed by atoms with Crippen LogP contribution in [0.1, 0.15) is 5.56 Å². The van der Waals surface area contributed by atoms with Crippen molar-refractivity contribution >= 4 is 0 Å². The Kier molecular flexibility index (Phi) is 7.17. The molecule has 0 spiro atoms. The van der Waals surface area contributed by atoms with Gasteiger partial charge in [0, 0.05) is 31.7 Å². The fraction of sp³-hybridized carbons (Fsp3) is 0.538. The summed E-state index contributed by atoms with van der Waals surface area (Å²) < 4.78 is 10.5. The van der Waals surface area contributed by atoms with E-state index in [2.05, 4.69) is 10.6 Å². The second-order valence-electron chi connectivity index (χ2n) is 3.83. The molecule has 0 bridgehead atoms. The Morgan fingerprint density at radius 3 is 2.50 bits per heavy atom. The van der Waals surface area contributed by atoms with Crippen molar-refractivity contribution in [3.05, 3.63) is 23.8 Å². The lowest BCUT2D eigenvalue weighted by Crippen LogP contribution is -2.28. The van der Waals surface area contributed by atoms with Crippen molar-refractivity contribution in [2.24, 2.45) is 0 Å². The summed E-state index contributed by atoms with van der Waals surface area (Å²) in [6, 6.07) is 5.75. The van der Waals surface area contributed by atoms with Crippen molar-refractivity contribution in [1.82, 2.24) is 10.6 Å². The van der Waals surface area contributed by atoms with Gasteiger partial charge < -0.3 is 25.2 Å². The molecule has 0 aliphatic heterocycles. The molecule has 5 heteroatoms. The molecule has 0 amide bonds. The molecule has 102 valence electrons. The van der Waals surface area contributed by atoms with Crippen molar-refractivity contribution in [1.29, 1.82) is 0 Å². The van der Waals surface area contributed by atoms with Crippen molar-refractivity contribution in [3.63, 3.8) is 0 Å². The van der Waals surface area contributed by atoms with Gasteiger partial charge in [0.1, 0.15) is 11.5 Å². The van der Waals surface area contributed by atoms with E-state index in [-0.39, 0.29) is 6.61 Å². The van der Waals surface area contributed by atoms with Crippen molar-refractivity contribution in [2.45, 2.75) is 6.54 Å². The molecule has 1 aromatic carbocycles. The molecule has 0 aromatic heterocycles. The van der Waals surface area contributed by atoms with Crippen LogP contribution in [0.15, 0.2) is 18.2 Å². The van der Waals surface area contributed by atoms with Crippen LogP contribution < -0.4 is 20.1 Å². The lowest BCUT2D eigenvalue weighted by atomic mass is 10.2. The maximum absolute atomic E-state index is 8.61. The highest BCUT2D eigenvalue weighted by atomic mass is 16.5. The predicted molar refractivity (Wildman–Crippen MR) is 71.2 cm³/mol. The number of aliphatic hydroxyl groups is 1. The van der Waals surface area contributed by atoms with Gasteiger partial charge in [-0.3, -0.25) is 0 Å². The highest BCUT2D eigenvalue weighted by Gasteiger charge is 2.04. The first-order valence-electron chi connectivity index (χ1n) is 6.05. The fourth-order valence-corrected chi connectivity index (χ4v) is 1.62. The SMILES string of the molecule is COc1ccc(OC)c(CNCCNCCO)c1. The highest BCUT2D eigenvalue weighted by Crippen LogP contribution is 2.23. The van der Waals surface area contributed by atoms with Gasteiger partial charge in [0.2, 0.25) is 0 Å². The summed E-state index contributed by atoms with van der Waals surface area (Å²) in [5.41, 5.74) is 1.07. The lowest BCUT2D eigenvalue weighted by molar-refractivity contribution is 0.292. The van der Waals surface area contributed by atoms with E-state index in [1.165, 1.54) is 0 Å². The smallest absolute Gasteiger partial charge is 0.123 e. The third kappa shape index (κ3) is 4.91. The number of nitrogens with one attached hydrogen (secondary N) is 2. The third-order valence-corrected chi connectivity index (χ3v) is 2.57. The van der Waals surface area contributed by atoms with Crippen LogP contribution in [-0.2, 0) is 6.54 Å². The Bertz CT molecular complexity index is 345. The van der Waals surface area contributed by atoms with Crippen LogP contribution in [0.4, 0.5) is 0 Å². The standard InChI is InChI=1S/C13H22N2O3/c1-17-12-3-4-13(18-2)11(9-12)10-15-6-5-14-7-8-16/h3-4,9,14-16H,5-8,10H2,1-2H3. The van der Waals surface area contributed by atoms with Gasteiger partial charge in [-0.15, -0.1) is 0 Å². The van der Waals surface area contributed by atoms with Gasteiger partial charge in [0.05, 0.1) is 20.8 Å². The van der Waals surface area contributed by atoms with E-state index in [1.54, 1.807) is 14.2 Å². The first kappa shape index (κ1) is 14.8. The Hall–Kier alpha value is -1.30. The number of methoxy groups -OCH3 is 2. The number of ether oxygens (including phenoxy) is 2. The Labute approximate surface area is 108 Å². The van der Waals surface area contributed by atoms with E-state index in [4.69, 9.17) is 14.6 Å². The van der Waals surface area contributed by atoms with Crippen molar-refractivity contribution in [3.8, 4) is 11.5 Å². The first-order chi connectivity index (χ1) is 8.81. The number of rotatable bonds is 9. The van der Waals surface area contributed by atoms with Crippen LogP contribution >= 0.6 is 0 Å². The minimum Gasteiger partial charge on any atom is -0.497 e. The molecule has 0 atom stereocenters. The zero-order chi connectivity index (χ0) is 13.2. The van der Waals surface area contributed by atoms with Crippen LogP contribution in [0.25, 0.3) is 0 Å². The molecule has 0 heterocycles. The van der Waals surface area contributed by atoms with E-state index < -0.39 is 0 Å². The molecule has 5 nitrogen and oxygen atoms in total. The van der Waals surface area contributed by atoms with Gasteiger partial charge in [0.25, 0.3) is 0 Å². The summed E-state index contributed by atoms with van der Waals surface area (Å²) in [5, 5.41) is 15.0. The molecule has 0 saturated carbocycles. The summed E-state index contributed by atoms with van der Waals surface area (Å²) in [7, 11) is 3.31. The largest absolute Gasteiger partial charge is 0.497 e. The van der Waals surface area contributed by atoms with Crippen LogP contribution in [0.2, 0.25) is 0 Å². The highest BCUT2D eigenvalue weighted by molar-refractivity contribution is 5.40. The quantitative estimate of drug-likeness (QED) is 0.556. The van der Waals surface area contributed by atoms with Gasteiger partial charge >= 0.3 is 0 Å². The predicted octanol–water partition coefficient (Wildman–Crippen LogP) is 0.375. The summed E-state index contributed by atoms with van der Waals surface area (Å²) in [6.07, 6.45) is 0. The van der Waals surface area contributed by atoms with Crippen LogP contribution in [0, 0.1) is 0 Å². The zero-order valence-electron chi connectivity index (χ0n) is 11.0. The maximum Gasteiger partial charge on any atom is 0.123 e. The van der Waals surface area contributed by atoms with E-state index in [0.717, 1.165) is 36.7 Å². The van der Waals surface area contributed by atoms with E-state index in [0.29, 0.717) is 6.54 Å². The molecule has 0 fully saturated rings. The van der Waals surface area contributed by atoms with Gasteiger partial charge in [-0.2, -0.15) is 0 Å². The molecular weight excluding hydrogens is 232 g/mol. The molecule has 18 heavy (non-hydrogen) atoms. The number of hydrogen-bond acceptors (Lipinski definition) is 5. The van der Waals surface area contributed by atoms with Gasteiger partial charge in [-0.05, 0) is 18.2 Å². The summed E-state index contributed by atoms with van der Waals surface area (Å²) in [5.74, 6) is 1.68. The van der Waals surface area contributed by atoms with Gasteiger partial charge in [-0.25, -0.2) is 0 Å². The summed E-state index contributed by atoms with van der Waals surface area (Å²) in [4.78, 5) is 0. The molecule has 0 radical (unpaired) electrons. The number of aliphatic hydroxyl groups excluding tert-OH is 1. The Morgan fingerprint density at radius 1 is 1.06 bits per heavy atom. The minimum atomic E-state index is 0.170. The summed E-state index contributed by atoms with van der Waals surface area (Å²) >= 11 is 0. The normalized spacial score (nSPS) is 10.4. The first-order valence-corrected chi connectivity index (χ1v) is 6.05. The molecule has 0 unspecified atom stereocenters. The molecule has 0 aliphatic rings. The van der Waals surface area contributed by atoms with E-state index in [9.17, 15) is 0 Å². The lowest BCUT2D eigenvalue weighted by Gasteiger charge is -2.11. The number of hydrogen-bond donors (Lipinski definition) is 3. The molecular formula is C13H22N2O3. The van der Waals surface area contributed by atoms with Crippen molar-refractivity contribution in [2.75, 3.05) is 40.5 Å². The van der Waals surface area contributed by atoms with Gasteiger partial charge in [0.15, 0.2) is 0 Å². The monoisotopic (exact) mass is 254 g/mol. The van der Waals surface area contributed by atoms with E-state index >= 15 is 0 Å². The zero-order valence-corrected chi connectivity index (χ0v) is 11.0. The third-order valence-electron chi connectivity index (χ3n) is 2.57. The average molecular weight is 254 g/mol. The molecule has 0 saturated heterocycles. The molecule has 3 N–H and O–H groups in total. The van der Waals surface area contributed by atoms with Crippen molar-refractivity contribution < 1.29 is 14.6 Å². The van der Waals surface area contributed by atoms with Crippen LogP contribution in [0.3, 0.4) is 0 Å². The number of benzene rings is 1. The molecule has 1 aromatic rings. The van der Waals surface area contributed by atoms with E-state index in [1.807, 2.05) is 18.2 Å². The molecule has 1 rings (SSSR count). The Balaban J connectivity index is 2.39. The summed E-state index contributed by atoms with van der Waals surface area (Å²) in [6.45, 7) is 3.18. The average Bonchev–Trinajstić information content (AvgIpc) is 2.42. The van der Waals surface area contributed by atoms with Gasteiger partial charge in [-0.1, -0.05) is 0 Å². The van der Waals surface area contributed by atoms with Crippen LogP contribution in [-0.4, -0.2) is 45.6 Å². The Morgan fingerprint density at radius 2 is 1.83 bits per heavy atom. The molecule has 0 aliphatic carbocycles. The minimum absolute atomic E-state index is 0.170. The maximum atomic E-state index is 8.61. The fourth-order valence-electron chi connectivity index (χ4n) is 1.62. The van der Waals surface area contributed by atoms with Crippen LogP contribution in [0.5, 0.6) is 11.5 Å². The topological polar surface area (TPSA) is 62.8 Å². The second-order valence-corrected chi connectivity index (χ2v) is 3.83.